The van der Waals surface area contributed by atoms with Crippen LogP contribution in [-0.4, -0.2) is 24.5 Å². The Kier molecular flexibility index (Phi) is 5.39. The molecular formula is C17H17ClFNO2. The zero-order valence-electron chi connectivity index (χ0n) is 12.5. The van der Waals surface area contributed by atoms with Gasteiger partial charge < -0.3 is 9.64 Å². The van der Waals surface area contributed by atoms with Crippen LogP contribution in [0.5, 0.6) is 5.75 Å². The molecule has 0 fully saturated rings. The predicted molar refractivity (Wildman–Crippen MR) is 84.6 cm³/mol. The molecule has 22 heavy (non-hydrogen) atoms. The highest BCUT2D eigenvalue weighted by Gasteiger charge is 2.11. The first-order valence-electron chi connectivity index (χ1n) is 6.83. The zero-order chi connectivity index (χ0) is 16.1. The number of nitrogens with zero attached hydrogens (tertiary/aromatic N) is 1. The van der Waals surface area contributed by atoms with E-state index in [9.17, 15) is 9.18 Å². The van der Waals surface area contributed by atoms with Crippen LogP contribution in [0.25, 0.3) is 0 Å². The summed E-state index contributed by atoms with van der Waals surface area (Å²) in [4.78, 5) is 13.6. The number of likely N-dealkylation sites (N-methyl/N-ethyl adjacent to an activating group) is 1. The first-order valence-corrected chi connectivity index (χ1v) is 7.21. The lowest BCUT2D eigenvalue weighted by Crippen LogP contribution is -2.30. The molecule has 0 aliphatic heterocycles. The van der Waals surface area contributed by atoms with E-state index in [2.05, 4.69) is 0 Å². The van der Waals surface area contributed by atoms with Crippen LogP contribution in [0.4, 0.5) is 4.39 Å². The normalized spacial score (nSPS) is 10.4. The molecule has 0 aliphatic rings. The third-order valence-corrected chi connectivity index (χ3v) is 3.51. The van der Waals surface area contributed by atoms with Crippen molar-refractivity contribution < 1.29 is 13.9 Å². The van der Waals surface area contributed by atoms with Crippen LogP contribution in [0, 0.1) is 12.7 Å². The van der Waals surface area contributed by atoms with Crippen molar-refractivity contribution in [2.45, 2.75) is 13.5 Å². The van der Waals surface area contributed by atoms with Crippen molar-refractivity contribution in [2.75, 3.05) is 13.7 Å². The number of carbonyl (C=O) groups excluding carboxylic acids is 1. The van der Waals surface area contributed by atoms with Crippen molar-refractivity contribution >= 4 is 17.5 Å². The molecule has 2 rings (SSSR count). The van der Waals surface area contributed by atoms with E-state index < -0.39 is 5.82 Å². The summed E-state index contributed by atoms with van der Waals surface area (Å²) in [5.74, 6) is -0.318. The molecule has 0 saturated carbocycles. The summed E-state index contributed by atoms with van der Waals surface area (Å²) in [6.07, 6.45) is 0. The molecule has 0 spiro atoms. The van der Waals surface area contributed by atoms with Gasteiger partial charge in [-0.1, -0.05) is 41.4 Å². The summed E-state index contributed by atoms with van der Waals surface area (Å²) in [7, 11) is 1.71. The van der Waals surface area contributed by atoms with Crippen molar-refractivity contribution in [3.05, 3.63) is 64.4 Å². The summed E-state index contributed by atoms with van der Waals surface area (Å²) in [5, 5.41) is -0.0297. The topological polar surface area (TPSA) is 29.5 Å². The summed E-state index contributed by atoms with van der Waals surface area (Å²) in [5.41, 5.74) is 2.22. The van der Waals surface area contributed by atoms with Crippen LogP contribution in [0.2, 0.25) is 5.02 Å². The number of hydrogen-bond donors (Lipinski definition) is 0. The van der Waals surface area contributed by atoms with Crippen LogP contribution in [0.1, 0.15) is 11.1 Å². The Morgan fingerprint density at radius 3 is 2.55 bits per heavy atom. The van der Waals surface area contributed by atoms with Gasteiger partial charge in [-0.2, -0.15) is 0 Å². The van der Waals surface area contributed by atoms with Crippen molar-refractivity contribution in [1.82, 2.24) is 4.90 Å². The zero-order valence-corrected chi connectivity index (χ0v) is 13.2. The number of ether oxygens (including phenoxy) is 1. The molecule has 0 aromatic heterocycles. The number of benzene rings is 2. The average molecular weight is 322 g/mol. The second-order valence-electron chi connectivity index (χ2n) is 5.10. The van der Waals surface area contributed by atoms with Gasteiger partial charge in [0.05, 0.1) is 5.02 Å². The molecule has 0 aliphatic carbocycles. The molecule has 116 valence electrons. The highest BCUT2D eigenvalue weighted by atomic mass is 35.5. The highest BCUT2D eigenvalue weighted by Crippen LogP contribution is 2.21. The summed E-state index contributed by atoms with van der Waals surface area (Å²) < 4.78 is 18.4. The molecule has 0 atom stereocenters. The summed E-state index contributed by atoms with van der Waals surface area (Å²) in [6, 6.07) is 12.0. The van der Waals surface area contributed by atoms with Gasteiger partial charge in [0.25, 0.3) is 5.91 Å². The van der Waals surface area contributed by atoms with Gasteiger partial charge in [0.1, 0.15) is 11.6 Å². The lowest BCUT2D eigenvalue weighted by molar-refractivity contribution is -0.132. The fraction of sp³-hybridized carbons (Fsp3) is 0.235. The Hall–Kier alpha value is -2.07. The quantitative estimate of drug-likeness (QED) is 0.837. The summed E-state index contributed by atoms with van der Waals surface area (Å²) in [6.45, 7) is 2.40. The smallest absolute Gasteiger partial charge is 0.260 e. The van der Waals surface area contributed by atoms with Gasteiger partial charge in [-0.3, -0.25) is 4.79 Å². The van der Waals surface area contributed by atoms with E-state index in [1.54, 1.807) is 11.9 Å². The lowest BCUT2D eigenvalue weighted by atomic mass is 10.1. The second-order valence-corrected chi connectivity index (χ2v) is 5.51. The van der Waals surface area contributed by atoms with E-state index in [1.165, 1.54) is 23.8 Å². The number of halogens is 2. The van der Waals surface area contributed by atoms with Crippen molar-refractivity contribution in [3.63, 3.8) is 0 Å². The molecule has 3 nitrogen and oxygen atoms in total. The minimum atomic E-state index is -0.517. The van der Waals surface area contributed by atoms with E-state index in [4.69, 9.17) is 16.3 Å². The van der Waals surface area contributed by atoms with Gasteiger partial charge in [-0.05, 0) is 24.6 Å². The lowest BCUT2D eigenvalue weighted by Gasteiger charge is -2.17. The molecule has 0 N–H and O–H groups in total. The van der Waals surface area contributed by atoms with Gasteiger partial charge in [-0.15, -0.1) is 0 Å². The molecule has 0 radical (unpaired) electrons. The van der Waals surface area contributed by atoms with Crippen LogP contribution >= 0.6 is 11.6 Å². The van der Waals surface area contributed by atoms with E-state index >= 15 is 0 Å². The van der Waals surface area contributed by atoms with Gasteiger partial charge in [0.15, 0.2) is 6.61 Å². The first kappa shape index (κ1) is 16.3. The van der Waals surface area contributed by atoms with Crippen LogP contribution in [-0.2, 0) is 11.3 Å². The number of amides is 1. The van der Waals surface area contributed by atoms with Crippen molar-refractivity contribution in [2.24, 2.45) is 0 Å². The number of aryl methyl sites for hydroxylation is 1. The maximum absolute atomic E-state index is 13.0. The molecule has 0 bridgehead atoms. The third kappa shape index (κ3) is 4.46. The van der Waals surface area contributed by atoms with Gasteiger partial charge in [0, 0.05) is 19.7 Å². The molecule has 5 heteroatoms. The maximum Gasteiger partial charge on any atom is 0.260 e. The molecule has 2 aromatic rings. The monoisotopic (exact) mass is 321 g/mol. The SMILES string of the molecule is Cc1ccc(CN(C)C(=O)COc2ccc(F)c(Cl)c2)cc1. The Morgan fingerprint density at radius 1 is 1.23 bits per heavy atom. The first-order chi connectivity index (χ1) is 10.5. The molecule has 0 saturated heterocycles. The molecule has 1 amide bonds. The fourth-order valence-corrected chi connectivity index (χ4v) is 2.05. The molecule has 0 unspecified atom stereocenters. The van der Waals surface area contributed by atoms with Crippen LogP contribution in [0.15, 0.2) is 42.5 Å². The average Bonchev–Trinajstić information content (AvgIpc) is 2.50. The Morgan fingerprint density at radius 2 is 1.91 bits per heavy atom. The van der Waals surface area contributed by atoms with E-state index in [0.717, 1.165) is 5.56 Å². The van der Waals surface area contributed by atoms with Crippen molar-refractivity contribution in [1.29, 1.82) is 0 Å². The number of hydrogen-bond acceptors (Lipinski definition) is 2. The van der Waals surface area contributed by atoms with Crippen LogP contribution in [0.3, 0.4) is 0 Å². The number of carbonyl (C=O) groups is 1. The standard InChI is InChI=1S/C17H17ClFNO2/c1-12-3-5-13(6-4-12)10-20(2)17(21)11-22-14-7-8-16(19)15(18)9-14/h3-9H,10-11H2,1-2H3. The van der Waals surface area contributed by atoms with Crippen molar-refractivity contribution in [3.8, 4) is 5.75 Å². The predicted octanol–water partition coefficient (Wildman–Crippen LogP) is 3.82. The third-order valence-electron chi connectivity index (χ3n) is 3.22. The largest absolute Gasteiger partial charge is 0.484 e. The van der Waals surface area contributed by atoms with E-state index in [1.807, 2.05) is 31.2 Å². The van der Waals surface area contributed by atoms with E-state index in [0.29, 0.717) is 12.3 Å². The van der Waals surface area contributed by atoms with Gasteiger partial charge >= 0.3 is 0 Å². The Balaban J connectivity index is 1.88. The summed E-state index contributed by atoms with van der Waals surface area (Å²) >= 11 is 5.66. The van der Waals surface area contributed by atoms with Gasteiger partial charge in [0.2, 0.25) is 0 Å². The van der Waals surface area contributed by atoms with E-state index in [-0.39, 0.29) is 17.5 Å². The minimum Gasteiger partial charge on any atom is -0.484 e. The Labute approximate surface area is 134 Å². The molecule has 0 heterocycles. The molecule has 2 aromatic carbocycles. The second kappa shape index (κ2) is 7.27. The number of rotatable bonds is 5. The fourth-order valence-electron chi connectivity index (χ4n) is 1.88. The molecular weight excluding hydrogens is 305 g/mol. The maximum atomic E-state index is 13.0. The van der Waals surface area contributed by atoms with Gasteiger partial charge in [-0.25, -0.2) is 4.39 Å². The minimum absolute atomic E-state index is 0.0297. The highest BCUT2D eigenvalue weighted by molar-refractivity contribution is 6.30. The Bertz CT molecular complexity index is 658. The van der Waals surface area contributed by atoms with Crippen LogP contribution < -0.4 is 4.74 Å².